The van der Waals surface area contributed by atoms with Gasteiger partial charge in [-0.25, -0.2) is 8.51 Å². The van der Waals surface area contributed by atoms with E-state index in [1.807, 2.05) is 4.31 Å². The zero-order chi connectivity index (χ0) is 17.3. The smallest absolute Gasteiger partial charge is 0.140 e. The number of rotatable bonds is 10. The van der Waals surface area contributed by atoms with Gasteiger partial charge in [0.25, 0.3) is 0 Å². The van der Waals surface area contributed by atoms with Gasteiger partial charge in [0.2, 0.25) is 0 Å². The van der Waals surface area contributed by atoms with Gasteiger partial charge in [0, 0.05) is 39.5 Å². The number of carbonyl (C=O) groups is 1. The standard InChI is InChI=1S/C18H33NO4S/c1-2-12-22-13-4-3-5-17-6-10-19(11-7-17)24(21)18(16-20)8-14-23-15-9-18/h16-17H,2-15H2,1H3. The predicted octanol–water partition coefficient (Wildman–Crippen LogP) is 2.71. The largest absolute Gasteiger partial charge is 0.381 e. The van der Waals surface area contributed by atoms with Crippen LogP contribution in [0.5, 0.6) is 0 Å². The lowest BCUT2D eigenvalue weighted by Gasteiger charge is -2.38. The summed E-state index contributed by atoms with van der Waals surface area (Å²) in [7, 11) is -1.21. The van der Waals surface area contributed by atoms with Crippen LogP contribution in [0.1, 0.15) is 58.3 Å². The highest BCUT2D eigenvalue weighted by atomic mass is 32.2. The summed E-state index contributed by atoms with van der Waals surface area (Å²) in [4.78, 5) is 11.6. The lowest BCUT2D eigenvalue weighted by atomic mass is 9.92. The Bertz CT molecular complexity index is 390. The van der Waals surface area contributed by atoms with Crippen molar-refractivity contribution in [2.45, 2.75) is 63.0 Å². The molecule has 2 saturated heterocycles. The minimum absolute atomic E-state index is 0.543. The molecule has 2 heterocycles. The molecule has 2 aliphatic rings. The molecule has 0 aromatic carbocycles. The summed E-state index contributed by atoms with van der Waals surface area (Å²) in [6, 6.07) is 0. The monoisotopic (exact) mass is 359 g/mol. The molecule has 0 saturated carbocycles. The first-order valence-electron chi connectivity index (χ1n) is 9.50. The van der Waals surface area contributed by atoms with Crippen LogP contribution in [0.4, 0.5) is 0 Å². The first-order valence-corrected chi connectivity index (χ1v) is 10.6. The number of aldehydes is 1. The molecule has 2 fully saturated rings. The third kappa shape index (κ3) is 5.61. The fourth-order valence-electron chi connectivity index (χ4n) is 3.55. The molecule has 2 rings (SSSR count). The minimum Gasteiger partial charge on any atom is -0.381 e. The Hall–Kier alpha value is -0.300. The summed E-state index contributed by atoms with van der Waals surface area (Å²) in [5.41, 5.74) is 0. The number of ether oxygens (including phenoxy) is 2. The van der Waals surface area contributed by atoms with E-state index >= 15 is 0 Å². The molecule has 1 unspecified atom stereocenters. The lowest BCUT2D eigenvalue weighted by molar-refractivity contribution is -0.112. The number of hydrogen-bond acceptors (Lipinski definition) is 4. The Morgan fingerprint density at radius 2 is 1.92 bits per heavy atom. The van der Waals surface area contributed by atoms with E-state index in [0.29, 0.717) is 26.1 Å². The van der Waals surface area contributed by atoms with Crippen molar-refractivity contribution >= 4 is 17.3 Å². The van der Waals surface area contributed by atoms with Gasteiger partial charge in [-0.05, 0) is 44.4 Å². The van der Waals surface area contributed by atoms with Crippen molar-refractivity contribution in [3.8, 4) is 0 Å². The number of carbonyl (C=O) groups excluding carboxylic acids is 1. The van der Waals surface area contributed by atoms with E-state index in [1.54, 1.807) is 0 Å². The number of piperidine rings is 1. The quantitative estimate of drug-likeness (QED) is 0.444. The van der Waals surface area contributed by atoms with Crippen LogP contribution >= 0.6 is 0 Å². The molecule has 1 atom stereocenters. The van der Waals surface area contributed by atoms with E-state index in [1.165, 1.54) is 12.8 Å². The maximum absolute atomic E-state index is 12.9. The molecule has 24 heavy (non-hydrogen) atoms. The summed E-state index contributed by atoms with van der Waals surface area (Å²) < 4.78 is 25.1. The van der Waals surface area contributed by atoms with Gasteiger partial charge in [-0.3, -0.25) is 0 Å². The van der Waals surface area contributed by atoms with Crippen LogP contribution in [0.3, 0.4) is 0 Å². The molecule has 0 amide bonds. The fourth-order valence-corrected chi connectivity index (χ4v) is 5.21. The van der Waals surface area contributed by atoms with E-state index in [0.717, 1.165) is 64.2 Å². The van der Waals surface area contributed by atoms with Gasteiger partial charge < -0.3 is 14.3 Å². The van der Waals surface area contributed by atoms with Crippen molar-refractivity contribution < 1.29 is 18.5 Å². The molecule has 5 nitrogen and oxygen atoms in total. The third-order valence-electron chi connectivity index (χ3n) is 5.21. The Morgan fingerprint density at radius 3 is 2.54 bits per heavy atom. The minimum atomic E-state index is -1.21. The molecular weight excluding hydrogens is 326 g/mol. The molecule has 0 radical (unpaired) electrons. The third-order valence-corrected chi connectivity index (χ3v) is 7.24. The molecule has 6 heteroatoms. The van der Waals surface area contributed by atoms with Crippen LogP contribution in [-0.2, 0) is 25.3 Å². The highest BCUT2D eigenvalue weighted by Crippen LogP contribution is 2.31. The Kier molecular flexibility index (Phi) is 8.87. The van der Waals surface area contributed by atoms with Crippen LogP contribution < -0.4 is 0 Å². The summed E-state index contributed by atoms with van der Waals surface area (Å²) in [5, 5.41) is 0. The zero-order valence-corrected chi connectivity index (χ0v) is 15.9. The molecule has 0 bridgehead atoms. The number of hydrogen-bond donors (Lipinski definition) is 0. The van der Waals surface area contributed by atoms with E-state index in [2.05, 4.69) is 6.92 Å². The number of nitrogens with zero attached hydrogens (tertiary/aromatic N) is 1. The average molecular weight is 360 g/mol. The summed E-state index contributed by atoms with van der Waals surface area (Å²) in [5.74, 6) is 0.728. The van der Waals surface area contributed by atoms with Crippen LogP contribution in [0.2, 0.25) is 0 Å². The Labute approximate surface area is 149 Å². The van der Waals surface area contributed by atoms with E-state index in [4.69, 9.17) is 9.47 Å². The molecule has 0 spiro atoms. The second-order valence-corrected chi connectivity index (χ2v) is 8.85. The molecular formula is C18H33NO4S. The molecule has 0 aromatic rings. The van der Waals surface area contributed by atoms with Crippen molar-refractivity contribution in [1.82, 2.24) is 4.31 Å². The fraction of sp³-hybridized carbons (Fsp3) is 0.944. The van der Waals surface area contributed by atoms with Gasteiger partial charge in [0.05, 0.1) is 0 Å². The first-order chi connectivity index (χ1) is 11.7. The van der Waals surface area contributed by atoms with E-state index in [-0.39, 0.29) is 0 Å². The Morgan fingerprint density at radius 1 is 1.21 bits per heavy atom. The topological polar surface area (TPSA) is 55.8 Å². The van der Waals surface area contributed by atoms with Crippen LogP contribution in [0.25, 0.3) is 0 Å². The lowest BCUT2D eigenvalue weighted by Crippen LogP contribution is -2.50. The summed E-state index contributed by atoms with van der Waals surface area (Å²) >= 11 is 0. The van der Waals surface area contributed by atoms with E-state index < -0.39 is 15.7 Å². The van der Waals surface area contributed by atoms with Crippen molar-refractivity contribution in [1.29, 1.82) is 0 Å². The Balaban J connectivity index is 1.68. The van der Waals surface area contributed by atoms with Gasteiger partial charge in [-0.2, -0.15) is 0 Å². The maximum Gasteiger partial charge on any atom is 0.140 e. The molecule has 0 aromatic heterocycles. The highest BCUT2D eigenvalue weighted by molar-refractivity contribution is 7.84. The molecule has 2 aliphatic heterocycles. The molecule has 0 N–H and O–H groups in total. The normalized spacial score (nSPS) is 23.9. The van der Waals surface area contributed by atoms with E-state index in [9.17, 15) is 9.00 Å². The molecule has 0 aliphatic carbocycles. The first kappa shape index (κ1) is 20.0. The second kappa shape index (κ2) is 10.6. The summed E-state index contributed by atoms with van der Waals surface area (Å²) in [6.07, 6.45) is 8.95. The molecule has 140 valence electrons. The van der Waals surface area contributed by atoms with Gasteiger partial charge in [-0.1, -0.05) is 19.8 Å². The number of unbranched alkanes of at least 4 members (excludes halogenated alkanes) is 1. The van der Waals surface area contributed by atoms with Crippen LogP contribution in [0, 0.1) is 5.92 Å². The van der Waals surface area contributed by atoms with Crippen molar-refractivity contribution in [2.75, 3.05) is 39.5 Å². The van der Waals surface area contributed by atoms with Gasteiger partial charge >= 0.3 is 0 Å². The SMILES string of the molecule is CCCOCCCCC1CCN(S(=O)C2(C=O)CCOCC2)CC1. The zero-order valence-electron chi connectivity index (χ0n) is 15.0. The van der Waals surface area contributed by atoms with Crippen LogP contribution in [-0.4, -0.2) is 59.1 Å². The maximum atomic E-state index is 12.9. The highest BCUT2D eigenvalue weighted by Gasteiger charge is 2.42. The summed E-state index contributed by atoms with van der Waals surface area (Å²) in [6.45, 7) is 6.66. The van der Waals surface area contributed by atoms with Crippen LogP contribution in [0.15, 0.2) is 0 Å². The van der Waals surface area contributed by atoms with Gasteiger partial charge in [0.15, 0.2) is 0 Å². The van der Waals surface area contributed by atoms with Crippen molar-refractivity contribution in [2.24, 2.45) is 5.92 Å². The predicted molar refractivity (Wildman–Crippen MR) is 96.2 cm³/mol. The second-order valence-electron chi connectivity index (χ2n) is 7.02. The van der Waals surface area contributed by atoms with Gasteiger partial charge in [-0.15, -0.1) is 0 Å². The van der Waals surface area contributed by atoms with Gasteiger partial charge in [0.1, 0.15) is 22.0 Å². The average Bonchev–Trinajstić information content (AvgIpc) is 2.65. The van der Waals surface area contributed by atoms with Crippen molar-refractivity contribution in [3.05, 3.63) is 0 Å². The van der Waals surface area contributed by atoms with Crippen molar-refractivity contribution in [3.63, 3.8) is 0 Å².